The van der Waals surface area contributed by atoms with Crippen molar-refractivity contribution in [3.8, 4) is 0 Å². The monoisotopic (exact) mass is 299 g/mol. The number of nitrogens with zero attached hydrogens (tertiary/aromatic N) is 2. The zero-order valence-electron chi connectivity index (χ0n) is 13.0. The maximum atomic E-state index is 12.6. The Kier molecular flexibility index (Phi) is 3.72. The van der Waals surface area contributed by atoms with Gasteiger partial charge >= 0.3 is 6.03 Å². The van der Waals surface area contributed by atoms with Gasteiger partial charge in [-0.2, -0.15) is 5.10 Å². The predicted octanol–water partition coefficient (Wildman–Crippen LogP) is 2.83. The van der Waals surface area contributed by atoms with Crippen LogP contribution in [0.5, 0.6) is 0 Å². The summed E-state index contributed by atoms with van der Waals surface area (Å²) in [5.41, 5.74) is 1.23. The molecule has 2 aliphatic rings. The summed E-state index contributed by atoms with van der Waals surface area (Å²) in [6.07, 6.45) is 4.91. The molecule has 0 radical (unpaired) electrons. The fraction of sp³-hybridized carbons (Fsp3) is 0.471. The van der Waals surface area contributed by atoms with Gasteiger partial charge in [-0.1, -0.05) is 31.2 Å². The minimum Gasteiger partial charge on any atom is -0.321 e. The molecule has 5 nitrogen and oxygen atoms in total. The van der Waals surface area contributed by atoms with Crippen LogP contribution in [0, 0.1) is 12.8 Å². The maximum absolute atomic E-state index is 12.6. The van der Waals surface area contributed by atoms with Crippen molar-refractivity contribution >= 4 is 18.2 Å². The predicted molar refractivity (Wildman–Crippen MR) is 84.5 cm³/mol. The second-order valence-corrected chi connectivity index (χ2v) is 6.41. The van der Waals surface area contributed by atoms with Crippen LogP contribution in [0.1, 0.15) is 43.7 Å². The van der Waals surface area contributed by atoms with Crippen LogP contribution in [-0.4, -0.2) is 28.7 Å². The third-order valence-corrected chi connectivity index (χ3v) is 4.77. The van der Waals surface area contributed by atoms with Crippen molar-refractivity contribution in [2.45, 2.75) is 45.1 Å². The zero-order valence-corrected chi connectivity index (χ0v) is 13.0. The lowest BCUT2D eigenvalue weighted by atomic mass is 9.77. The largest absolute Gasteiger partial charge is 0.346 e. The highest BCUT2D eigenvalue weighted by atomic mass is 16.2. The Morgan fingerprint density at radius 3 is 2.64 bits per heavy atom. The van der Waals surface area contributed by atoms with Gasteiger partial charge in [-0.3, -0.25) is 4.79 Å². The molecule has 0 bridgehead atoms. The first-order valence-corrected chi connectivity index (χ1v) is 7.78. The van der Waals surface area contributed by atoms with Gasteiger partial charge < -0.3 is 5.32 Å². The number of urea groups is 1. The minimum absolute atomic E-state index is 0.214. The Bertz CT molecular complexity index is 631. The first-order chi connectivity index (χ1) is 10.5. The number of imide groups is 1. The van der Waals surface area contributed by atoms with E-state index in [0.717, 1.165) is 29.0 Å². The standard InChI is InChI=1S/C17H21N3O2/c1-12-7-9-17(10-8-12)15(21)20(16(22)19-17)18-11-14-6-4-3-5-13(14)2/h3-6,11-12H,7-10H2,1-2H3,(H,19,22)/b18-11-. The van der Waals surface area contributed by atoms with Crippen molar-refractivity contribution in [1.29, 1.82) is 0 Å². The summed E-state index contributed by atoms with van der Waals surface area (Å²) in [4.78, 5) is 24.8. The lowest BCUT2D eigenvalue weighted by molar-refractivity contribution is -0.132. The molecule has 0 aromatic heterocycles. The number of rotatable bonds is 2. The van der Waals surface area contributed by atoms with Gasteiger partial charge in [-0.15, -0.1) is 5.01 Å². The number of carbonyl (C=O) groups excluding carboxylic acids is 2. The molecule has 1 aliphatic carbocycles. The minimum atomic E-state index is -0.729. The summed E-state index contributed by atoms with van der Waals surface area (Å²) >= 11 is 0. The first kappa shape index (κ1) is 14.8. The second-order valence-electron chi connectivity index (χ2n) is 6.41. The van der Waals surface area contributed by atoms with Crippen molar-refractivity contribution < 1.29 is 9.59 Å². The van der Waals surface area contributed by atoms with Crippen LogP contribution < -0.4 is 5.32 Å². The summed E-state index contributed by atoms with van der Waals surface area (Å²) in [5.74, 6) is 0.397. The summed E-state index contributed by atoms with van der Waals surface area (Å²) in [5, 5.41) is 7.98. The topological polar surface area (TPSA) is 61.8 Å². The van der Waals surface area contributed by atoms with Crippen LogP contribution in [0.3, 0.4) is 0 Å². The maximum Gasteiger partial charge on any atom is 0.346 e. The van der Waals surface area contributed by atoms with Crippen molar-refractivity contribution in [1.82, 2.24) is 10.3 Å². The molecule has 1 aliphatic heterocycles. The van der Waals surface area contributed by atoms with Gasteiger partial charge in [0.1, 0.15) is 5.54 Å². The molecule has 1 spiro atoms. The van der Waals surface area contributed by atoms with Crippen molar-refractivity contribution in [2.75, 3.05) is 0 Å². The quantitative estimate of drug-likeness (QED) is 0.674. The van der Waals surface area contributed by atoms with Crippen LogP contribution in [0.15, 0.2) is 29.4 Å². The lowest BCUT2D eigenvalue weighted by Crippen LogP contribution is -2.49. The molecule has 5 heteroatoms. The summed E-state index contributed by atoms with van der Waals surface area (Å²) in [6.45, 7) is 4.15. The molecule has 0 atom stereocenters. The molecule has 116 valence electrons. The molecule has 1 N–H and O–H groups in total. The zero-order chi connectivity index (χ0) is 15.7. The number of amides is 3. The highest BCUT2D eigenvalue weighted by Crippen LogP contribution is 2.36. The number of hydrogen-bond donors (Lipinski definition) is 1. The summed E-state index contributed by atoms with van der Waals surface area (Å²) in [7, 11) is 0. The van der Waals surface area contributed by atoms with E-state index < -0.39 is 11.6 Å². The van der Waals surface area contributed by atoms with Gasteiger partial charge in [0.05, 0.1) is 6.21 Å². The Labute approximate surface area is 130 Å². The van der Waals surface area contributed by atoms with Crippen LogP contribution >= 0.6 is 0 Å². The van der Waals surface area contributed by atoms with Crippen molar-refractivity contribution in [2.24, 2.45) is 11.0 Å². The van der Waals surface area contributed by atoms with E-state index in [0.29, 0.717) is 18.8 Å². The van der Waals surface area contributed by atoms with E-state index in [1.807, 2.05) is 31.2 Å². The average Bonchev–Trinajstić information content (AvgIpc) is 2.73. The number of carbonyl (C=O) groups is 2. The Morgan fingerprint density at radius 2 is 1.95 bits per heavy atom. The molecule has 1 aromatic rings. The lowest BCUT2D eigenvalue weighted by Gasteiger charge is -2.33. The molecule has 1 aromatic carbocycles. The molecule has 1 saturated heterocycles. The second kappa shape index (κ2) is 5.55. The normalized spacial score (nSPS) is 28.6. The van der Waals surface area contributed by atoms with Gasteiger partial charge in [0.25, 0.3) is 5.91 Å². The van der Waals surface area contributed by atoms with Crippen molar-refractivity contribution in [3.05, 3.63) is 35.4 Å². The van der Waals surface area contributed by atoms with Crippen LogP contribution in [0.25, 0.3) is 0 Å². The Hall–Kier alpha value is -2.17. The van der Waals surface area contributed by atoms with Gasteiger partial charge in [-0.05, 0) is 49.7 Å². The van der Waals surface area contributed by atoms with E-state index in [1.165, 1.54) is 0 Å². The molecular formula is C17H21N3O2. The molecule has 1 saturated carbocycles. The molecular weight excluding hydrogens is 278 g/mol. The van der Waals surface area contributed by atoms with E-state index >= 15 is 0 Å². The number of hydrazone groups is 1. The highest BCUT2D eigenvalue weighted by Gasteiger charge is 2.52. The molecule has 0 unspecified atom stereocenters. The highest BCUT2D eigenvalue weighted by molar-refractivity contribution is 6.07. The summed E-state index contributed by atoms with van der Waals surface area (Å²) < 4.78 is 0. The molecule has 3 rings (SSSR count). The van der Waals surface area contributed by atoms with E-state index in [2.05, 4.69) is 17.3 Å². The van der Waals surface area contributed by atoms with E-state index in [-0.39, 0.29) is 5.91 Å². The SMILES string of the molecule is Cc1ccccc1/C=N\N1C(=O)NC2(CCC(C)CC2)C1=O. The fourth-order valence-corrected chi connectivity index (χ4v) is 3.16. The Balaban J connectivity index is 1.79. The van der Waals surface area contributed by atoms with Gasteiger partial charge in [0.15, 0.2) is 0 Å². The molecule has 2 fully saturated rings. The van der Waals surface area contributed by atoms with Gasteiger partial charge in [0.2, 0.25) is 0 Å². The average molecular weight is 299 g/mol. The molecule has 1 heterocycles. The van der Waals surface area contributed by atoms with E-state index in [9.17, 15) is 9.59 Å². The van der Waals surface area contributed by atoms with Crippen LogP contribution in [0.4, 0.5) is 4.79 Å². The van der Waals surface area contributed by atoms with E-state index in [4.69, 9.17) is 0 Å². The third-order valence-electron chi connectivity index (χ3n) is 4.77. The Morgan fingerprint density at radius 1 is 1.27 bits per heavy atom. The third kappa shape index (κ3) is 2.51. The summed E-state index contributed by atoms with van der Waals surface area (Å²) in [6, 6.07) is 7.32. The molecule has 3 amide bonds. The number of aryl methyl sites for hydroxylation is 1. The fourth-order valence-electron chi connectivity index (χ4n) is 3.16. The van der Waals surface area contributed by atoms with Gasteiger partial charge in [0, 0.05) is 0 Å². The number of hydrogen-bond acceptors (Lipinski definition) is 3. The van der Waals surface area contributed by atoms with Crippen LogP contribution in [-0.2, 0) is 4.79 Å². The number of nitrogens with one attached hydrogen (secondary N) is 1. The number of benzene rings is 1. The van der Waals surface area contributed by atoms with Gasteiger partial charge in [-0.25, -0.2) is 4.79 Å². The first-order valence-electron chi connectivity index (χ1n) is 7.78. The smallest absolute Gasteiger partial charge is 0.321 e. The molecule has 22 heavy (non-hydrogen) atoms. The van der Waals surface area contributed by atoms with Crippen LogP contribution in [0.2, 0.25) is 0 Å². The van der Waals surface area contributed by atoms with E-state index in [1.54, 1.807) is 6.21 Å². The van der Waals surface area contributed by atoms with Crippen molar-refractivity contribution in [3.63, 3.8) is 0 Å².